The Morgan fingerprint density at radius 1 is 1.46 bits per heavy atom. The highest BCUT2D eigenvalue weighted by Gasteiger charge is 2.26. The van der Waals surface area contributed by atoms with Crippen LogP contribution in [0.5, 0.6) is 0 Å². The van der Waals surface area contributed by atoms with E-state index in [1.54, 1.807) is 23.5 Å². The summed E-state index contributed by atoms with van der Waals surface area (Å²) in [5.74, 6) is 0.166. The maximum absolute atomic E-state index is 12.0. The van der Waals surface area contributed by atoms with Gasteiger partial charge < -0.3 is 9.73 Å². The summed E-state index contributed by atoms with van der Waals surface area (Å²) in [6.45, 7) is 5.32. The summed E-state index contributed by atoms with van der Waals surface area (Å²) < 4.78 is 7.22. The lowest BCUT2D eigenvalue weighted by Gasteiger charge is -2.33. The van der Waals surface area contributed by atoms with Gasteiger partial charge in [0.2, 0.25) is 0 Å². The summed E-state index contributed by atoms with van der Waals surface area (Å²) in [4.78, 5) is 20.1. The van der Waals surface area contributed by atoms with Gasteiger partial charge in [-0.05, 0) is 31.5 Å². The van der Waals surface area contributed by atoms with Crippen LogP contribution < -0.4 is 5.32 Å². The number of carbonyl (C=O) groups is 1. The van der Waals surface area contributed by atoms with Crippen LogP contribution in [0.4, 0.5) is 0 Å². The van der Waals surface area contributed by atoms with Crippen molar-refractivity contribution in [2.24, 2.45) is 0 Å². The predicted molar refractivity (Wildman–Crippen MR) is 97.9 cm³/mol. The number of nitrogens with zero attached hydrogens (tertiary/aromatic N) is 4. The molecule has 0 aliphatic carbocycles. The highest BCUT2D eigenvalue weighted by atomic mass is 32.1. The van der Waals surface area contributed by atoms with Crippen LogP contribution >= 0.6 is 11.3 Å². The standard InChI is InChI=1S/C18H21N5O2S/c1-13-17(26-12-20-13)11-22-9-14(23-15(10-22)5-7-21-23)4-6-19-18(24)16-3-2-8-25-16/h2-3,5,7-8,12,14H,4,6,9-11H2,1H3,(H,19,24). The van der Waals surface area contributed by atoms with E-state index >= 15 is 0 Å². The molecule has 0 radical (unpaired) electrons. The number of nitrogens with one attached hydrogen (secondary N) is 1. The Morgan fingerprint density at radius 3 is 3.15 bits per heavy atom. The summed E-state index contributed by atoms with van der Waals surface area (Å²) in [6.07, 6.45) is 4.18. The van der Waals surface area contributed by atoms with E-state index in [2.05, 4.69) is 38.0 Å². The van der Waals surface area contributed by atoms with E-state index in [1.165, 1.54) is 16.8 Å². The third-order valence-electron chi connectivity index (χ3n) is 4.67. The highest BCUT2D eigenvalue weighted by molar-refractivity contribution is 7.09. The molecule has 0 spiro atoms. The Labute approximate surface area is 155 Å². The van der Waals surface area contributed by atoms with Crippen LogP contribution in [0.2, 0.25) is 0 Å². The van der Waals surface area contributed by atoms with Gasteiger partial charge in [-0.15, -0.1) is 11.3 Å². The van der Waals surface area contributed by atoms with Crippen molar-refractivity contribution in [3.05, 3.63) is 58.2 Å². The summed E-state index contributed by atoms with van der Waals surface area (Å²) >= 11 is 1.71. The topological polar surface area (TPSA) is 76.2 Å². The van der Waals surface area contributed by atoms with Crippen molar-refractivity contribution in [2.45, 2.75) is 32.5 Å². The second kappa shape index (κ2) is 7.43. The molecule has 0 bridgehead atoms. The second-order valence-electron chi connectivity index (χ2n) is 6.47. The molecule has 8 heteroatoms. The van der Waals surface area contributed by atoms with Gasteiger partial charge in [0, 0.05) is 37.3 Å². The van der Waals surface area contributed by atoms with Gasteiger partial charge in [-0.2, -0.15) is 5.10 Å². The summed E-state index contributed by atoms with van der Waals surface area (Å²) in [5, 5.41) is 7.41. The molecule has 0 fully saturated rings. The molecule has 1 aliphatic rings. The Kier molecular flexibility index (Phi) is 4.85. The van der Waals surface area contributed by atoms with Crippen molar-refractivity contribution >= 4 is 17.2 Å². The summed E-state index contributed by atoms with van der Waals surface area (Å²) in [7, 11) is 0. The van der Waals surface area contributed by atoms with Crippen LogP contribution in [0.3, 0.4) is 0 Å². The van der Waals surface area contributed by atoms with Gasteiger partial charge in [0.05, 0.1) is 29.2 Å². The van der Waals surface area contributed by atoms with Gasteiger partial charge in [0.15, 0.2) is 5.76 Å². The molecule has 1 unspecified atom stereocenters. The van der Waals surface area contributed by atoms with Crippen molar-refractivity contribution in [3.8, 4) is 0 Å². The Morgan fingerprint density at radius 2 is 2.38 bits per heavy atom. The van der Waals surface area contributed by atoms with Crippen molar-refractivity contribution in [1.29, 1.82) is 0 Å². The molecule has 3 aromatic heterocycles. The van der Waals surface area contributed by atoms with E-state index in [-0.39, 0.29) is 11.9 Å². The number of aromatic nitrogens is 3. The van der Waals surface area contributed by atoms with E-state index in [0.717, 1.165) is 31.7 Å². The lowest BCUT2D eigenvalue weighted by molar-refractivity contribution is 0.0919. The smallest absolute Gasteiger partial charge is 0.286 e. The Bertz CT molecular complexity index is 870. The Balaban J connectivity index is 1.38. The first kappa shape index (κ1) is 17.0. The first-order chi connectivity index (χ1) is 12.7. The first-order valence-electron chi connectivity index (χ1n) is 8.66. The number of hydrogen-bond donors (Lipinski definition) is 1. The van der Waals surface area contributed by atoms with Crippen LogP contribution in [-0.2, 0) is 13.1 Å². The minimum absolute atomic E-state index is 0.177. The van der Waals surface area contributed by atoms with Crippen LogP contribution in [0.1, 0.15) is 39.3 Å². The molecule has 0 saturated carbocycles. The van der Waals surface area contributed by atoms with Crippen LogP contribution in [0.25, 0.3) is 0 Å². The van der Waals surface area contributed by atoms with E-state index in [9.17, 15) is 4.79 Å². The summed E-state index contributed by atoms with van der Waals surface area (Å²) in [6, 6.07) is 5.69. The fraction of sp³-hybridized carbons (Fsp3) is 0.389. The number of thiazole rings is 1. The van der Waals surface area contributed by atoms with Crippen LogP contribution in [0.15, 0.2) is 40.6 Å². The molecule has 4 rings (SSSR count). The van der Waals surface area contributed by atoms with Crippen molar-refractivity contribution in [1.82, 2.24) is 25.0 Å². The molecule has 1 amide bonds. The molecule has 7 nitrogen and oxygen atoms in total. The third-order valence-corrected chi connectivity index (χ3v) is 5.59. The fourth-order valence-electron chi connectivity index (χ4n) is 3.33. The fourth-order valence-corrected chi connectivity index (χ4v) is 4.15. The van der Waals surface area contributed by atoms with Gasteiger partial charge in [-0.3, -0.25) is 14.4 Å². The monoisotopic (exact) mass is 371 g/mol. The number of amides is 1. The number of rotatable bonds is 6. The van der Waals surface area contributed by atoms with E-state index < -0.39 is 0 Å². The molecule has 26 heavy (non-hydrogen) atoms. The Hall–Kier alpha value is -2.45. The third kappa shape index (κ3) is 3.56. The molecular formula is C18H21N5O2S. The van der Waals surface area contributed by atoms with Crippen molar-refractivity contribution < 1.29 is 9.21 Å². The predicted octanol–water partition coefficient (Wildman–Crippen LogP) is 2.62. The van der Waals surface area contributed by atoms with Gasteiger partial charge in [0.1, 0.15) is 0 Å². The van der Waals surface area contributed by atoms with Crippen molar-refractivity contribution in [3.63, 3.8) is 0 Å². The quantitative estimate of drug-likeness (QED) is 0.721. The molecule has 136 valence electrons. The minimum atomic E-state index is -0.177. The van der Waals surface area contributed by atoms with Crippen LogP contribution in [0, 0.1) is 6.92 Å². The minimum Gasteiger partial charge on any atom is -0.459 e. The number of hydrogen-bond acceptors (Lipinski definition) is 6. The average Bonchev–Trinajstić information content (AvgIpc) is 3.37. The molecular weight excluding hydrogens is 350 g/mol. The van der Waals surface area contributed by atoms with E-state index in [4.69, 9.17) is 4.42 Å². The number of carbonyl (C=O) groups excluding carboxylic acids is 1. The number of fused-ring (bicyclic) bond motifs is 1. The van der Waals surface area contributed by atoms with E-state index in [0.29, 0.717) is 12.3 Å². The molecule has 1 aliphatic heterocycles. The zero-order chi connectivity index (χ0) is 17.9. The zero-order valence-corrected chi connectivity index (χ0v) is 15.4. The van der Waals surface area contributed by atoms with E-state index in [1.807, 2.05) is 11.7 Å². The average molecular weight is 371 g/mol. The van der Waals surface area contributed by atoms with Crippen molar-refractivity contribution in [2.75, 3.05) is 13.1 Å². The molecule has 4 heterocycles. The van der Waals surface area contributed by atoms with Gasteiger partial charge in [-0.25, -0.2) is 4.98 Å². The zero-order valence-electron chi connectivity index (χ0n) is 14.6. The number of aryl methyl sites for hydroxylation is 1. The molecule has 1 atom stereocenters. The lowest BCUT2D eigenvalue weighted by atomic mass is 10.1. The van der Waals surface area contributed by atoms with Crippen LogP contribution in [-0.4, -0.2) is 38.7 Å². The normalized spacial score (nSPS) is 17.2. The van der Waals surface area contributed by atoms with Gasteiger partial charge in [0.25, 0.3) is 5.91 Å². The second-order valence-corrected chi connectivity index (χ2v) is 7.41. The van der Waals surface area contributed by atoms with Gasteiger partial charge in [-0.1, -0.05) is 0 Å². The lowest BCUT2D eigenvalue weighted by Crippen LogP contribution is -2.38. The molecule has 0 aromatic carbocycles. The SMILES string of the molecule is Cc1ncsc1CN1Cc2ccnn2C(CCNC(=O)c2ccco2)C1. The number of furan rings is 1. The largest absolute Gasteiger partial charge is 0.459 e. The highest BCUT2D eigenvalue weighted by Crippen LogP contribution is 2.25. The molecule has 0 saturated heterocycles. The van der Waals surface area contributed by atoms with Gasteiger partial charge >= 0.3 is 0 Å². The summed E-state index contributed by atoms with van der Waals surface area (Å²) in [5.41, 5.74) is 4.22. The molecule has 3 aromatic rings. The maximum Gasteiger partial charge on any atom is 0.286 e. The molecule has 1 N–H and O–H groups in total. The first-order valence-corrected chi connectivity index (χ1v) is 9.54. The maximum atomic E-state index is 12.0.